The maximum absolute atomic E-state index is 3.80. The molecule has 86 valence electrons. The van der Waals surface area contributed by atoms with E-state index in [4.69, 9.17) is 0 Å². The predicted octanol–water partition coefficient (Wildman–Crippen LogP) is 3.83. The first-order chi connectivity index (χ1) is 7.77. The van der Waals surface area contributed by atoms with Crippen molar-refractivity contribution in [1.29, 1.82) is 0 Å². The van der Waals surface area contributed by atoms with E-state index in [1.165, 1.54) is 47.0 Å². The third-order valence-electron chi connectivity index (χ3n) is 3.86. The molecule has 0 unspecified atom stereocenters. The Labute approximate surface area is 110 Å². The molecular formula is C13H17IN2. The molecule has 0 radical (unpaired) electrons. The van der Waals surface area contributed by atoms with Crippen LogP contribution in [-0.2, 0) is 0 Å². The maximum atomic E-state index is 3.80. The Balaban J connectivity index is 1.94. The third kappa shape index (κ3) is 1.90. The van der Waals surface area contributed by atoms with Crippen molar-refractivity contribution in [2.24, 2.45) is 0 Å². The SMILES string of the molecule is Ic1ccc2c(c1)NCCC1(CCCC1)N2. The molecule has 2 aliphatic rings. The first-order valence-corrected chi connectivity index (χ1v) is 7.17. The molecule has 1 heterocycles. The largest absolute Gasteiger partial charge is 0.383 e. The minimum atomic E-state index is 0.380. The van der Waals surface area contributed by atoms with Crippen LogP contribution in [0.15, 0.2) is 18.2 Å². The molecule has 1 spiro atoms. The van der Waals surface area contributed by atoms with Gasteiger partial charge in [-0.15, -0.1) is 0 Å². The summed E-state index contributed by atoms with van der Waals surface area (Å²) in [5.74, 6) is 0. The highest BCUT2D eigenvalue weighted by molar-refractivity contribution is 14.1. The van der Waals surface area contributed by atoms with Crippen LogP contribution < -0.4 is 10.6 Å². The van der Waals surface area contributed by atoms with Crippen molar-refractivity contribution < 1.29 is 0 Å². The van der Waals surface area contributed by atoms with E-state index in [1.54, 1.807) is 0 Å². The molecule has 3 rings (SSSR count). The van der Waals surface area contributed by atoms with Gasteiger partial charge in [0.1, 0.15) is 0 Å². The highest BCUT2D eigenvalue weighted by Gasteiger charge is 2.35. The van der Waals surface area contributed by atoms with E-state index in [9.17, 15) is 0 Å². The Bertz CT molecular complexity index is 397. The lowest BCUT2D eigenvalue weighted by Gasteiger charge is -2.29. The standard InChI is InChI=1S/C13H17IN2/c14-10-3-4-11-12(9-10)15-8-7-13(16-11)5-1-2-6-13/h3-4,9,15-16H,1-2,5-8H2. The van der Waals surface area contributed by atoms with Gasteiger partial charge in [0.25, 0.3) is 0 Å². The molecule has 1 aliphatic heterocycles. The molecule has 0 aromatic heterocycles. The quantitative estimate of drug-likeness (QED) is 0.707. The number of halogens is 1. The van der Waals surface area contributed by atoms with Crippen molar-refractivity contribution in [3.63, 3.8) is 0 Å². The predicted molar refractivity (Wildman–Crippen MR) is 77.1 cm³/mol. The van der Waals surface area contributed by atoms with Gasteiger partial charge in [0.2, 0.25) is 0 Å². The summed E-state index contributed by atoms with van der Waals surface area (Å²) in [5, 5.41) is 7.35. The molecule has 1 aliphatic carbocycles. The zero-order valence-corrected chi connectivity index (χ0v) is 11.5. The number of hydrogen-bond donors (Lipinski definition) is 2. The fraction of sp³-hybridized carbons (Fsp3) is 0.538. The molecule has 1 fully saturated rings. The second kappa shape index (κ2) is 4.09. The van der Waals surface area contributed by atoms with Gasteiger partial charge in [0.15, 0.2) is 0 Å². The molecule has 2 N–H and O–H groups in total. The van der Waals surface area contributed by atoms with E-state index < -0.39 is 0 Å². The van der Waals surface area contributed by atoms with Gasteiger partial charge < -0.3 is 10.6 Å². The second-order valence-corrected chi connectivity index (χ2v) is 6.22. The lowest BCUT2D eigenvalue weighted by molar-refractivity contribution is 0.461. The number of anilines is 2. The Kier molecular flexibility index (Phi) is 2.73. The van der Waals surface area contributed by atoms with Crippen molar-refractivity contribution in [1.82, 2.24) is 0 Å². The van der Waals surface area contributed by atoms with E-state index in [0.29, 0.717) is 5.54 Å². The minimum Gasteiger partial charge on any atom is -0.383 e. The number of nitrogens with one attached hydrogen (secondary N) is 2. The van der Waals surface area contributed by atoms with E-state index in [1.807, 2.05) is 0 Å². The summed E-state index contributed by atoms with van der Waals surface area (Å²) in [6.45, 7) is 1.10. The van der Waals surface area contributed by atoms with Gasteiger partial charge in [-0.05, 0) is 60.1 Å². The molecule has 3 heteroatoms. The molecule has 0 atom stereocenters. The Morgan fingerprint density at radius 1 is 1.06 bits per heavy atom. The monoisotopic (exact) mass is 328 g/mol. The average Bonchev–Trinajstić information content (AvgIpc) is 2.62. The van der Waals surface area contributed by atoms with Crippen molar-refractivity contribution in [3.8, 4) is 0 Å². The van der Waals surface area contributed by atoms with Crippen LogP contribution in [0.2, 0.25) is 0 Å². The molecular weight excluding hydrogens is 311 g/mol. The lowest BCUT2D eigenvalue weighted by atomic mass is 9.93. The van der Waals surface area contributed by atoms with Crippen LogP contribution in [0.5, 0.6) is 0 Å². The summed E-state index contributed by atoms with van der Waals surface area (Å²) in [6, 6.07) is 6.63. The minimum absolute atomic E-state index is 0.380. The van der Waals surface area contributed by atoms with Crippen molar-refractivity contribution in [3.05, 3.63) is 21.8 Å². The summed E-state index contributed by atoms with van der Waals surface area (Å²) < 4.78 is 1.30. The van der Waals surface area contributed by atoms with E-state index in [2.05, 4.69) is 51.4 Å². The van der Waals surface area contributed by atoms with Gasteiger partial charge in [0.05, 0.1) is 11.4 Å². The van der Waals surface area contributed by atoms with Crippen LogP contribution in [0.3, 0.4) is 0 Å². The first-order valence-electron chi connectivity index (χ1n) is 6.09. The third-order valence-corrected chi connectivity index (χ3v) is 4.53. The van der Waals surface area contributed by atoms with Gasteiger partial charge >= 0.3 is 0 Å². The smallest absolute Gasteiger partial charge is 0.0586 e. The Morgan fingerprint density at radius 3 is 2.69 bits per heavy atom. The number of benzene rings is 1. The fourth-order valence-corrected chi connectivity index (χ4v) is 3.47. The fourth-order valence-electron chi connectivity index (χ4n) is 2.98. The average molecular weight is 328 g/mol. The number of hydrogen-bond acceptors (Lipinski definition) is 2. The molecule has 0 bridgehead atoms. The van der Waals surface area contributed by atoms with Crippen LogP contribution in [0.25, 0.3) is 0 Å². The van der Waals surface area contributed by atoms with E-state index >= 15 is 0 Å². The van der Waals surface area contributed by atoms with Gasteiger partial charge in [0, 0.05) is 15.7 Å². The highest BCUT2D eigenvalue weighted by atomic mass is 127. The summed E-state index contributed by atoms with van der Waals surface area (Å²) in [4.78, 5) is 0. The first kappa shape index (κ1) is 10.7. The molecule has 16 heavy (non-hydrogen) atoms. The molecule has 0 saturated heterocycles. The molecule has 1 saturated carbocycles. The molecule has 0 amide bonds. The van der Waals surface area contributed by atoms with Gasteiger partial charge in [-0.3, -0.25) is 0 Å². The Hall–Kier alpha value is -0.450. The summed E-state index contributed by atoms with van der Waals surface area (Å²) in [5.41, 5.74) is 2.95. The molecule has 1 aromatic carbocycles. The van der Waals surface area contributed by atoms with Crippen LogP contribution in [0, 0.1) is 3.57 Å². The maximum Gasteiger partial charge on any atom is 0.0586 e. The van der Waals surface area contributed by atoms with Crippen LogP contribution >= 0.6 is 22.6 Å². The van der Waals surface area contributed by atoms with Crippen molar-refractivity contribution in [2.75, 3.05) is 17.2 Å². The number of rotatable bonds is 0. The van der Waals surface area contributed by atoms with E-state index in [-0.39, 0.29) is 0 Å². The molecule has 1 aromatic rings. The van der Waals surface area contributed by atoms with E-state index in [0.717, 1.165) is 6.54 Å². The zero-order valence-electron chi connectivity index (χ0n) is 9.35. The highest BCUT2D eigenvalue weighted by Crippen LogP contribution is 2.40. The molecule has 2 nitrogen and oxygen atoms in total. The normalized spacial score (nSPS) is 22.1. The summed E-state index contributed by atoms with van der Waals surface area (Å²) in [7, 11) is 0. The summed E-state index contributed by atoms with van der Waals surface area (Å²) in [6.07, 6.45) is 6.68. The van der Waals surface area contributed by atoms with Crippen LogP contribution in [0.4, 0.5) is 11.4 Å². The summed E-state index contributed by atoms with van der Waals surface area (Å²) >= 11 is 2.37. The zero-order chi connectivity index (χ0) is 11.0. The van der Waals surface area contributed by atoms with Crippen LogP contribution in [-0.4, -0.2) is 12.1 Å². The van der Waals surface area contributed by atoms with Crippen molar-refractivity contribution in [2.45, 2.75) is 37.6 Å². The second-order valence-electron chi connectivity index (χ2n) is 4.98. The van der Waals surface area contributed by atoms with Crippen LogP contribution in [0.1, 0.15) is 32.1 Å². The number of fused-ring (bicyclic) bond motifs is 1. The van der Waals surface area contributed by atoms with Crippen molar-refractivity contribution >= 4 is 34.0 Å². The van der Waals surface area contributed by atoms with Gasteiger partial charge in [-0.25, -0.2) is 0 Å². The Morgan fingerprint density at radius 2 is 1.88 bits per heavy atom. The lowest BCUT2D eigenvalue weighted by Crippen LogP contribution is -2.35. The topological polar surface area (TPSA) is 24.1 Å². The van der Waals surface area contributed by atoms with Gasteiger partial charge in [-0.1, -0.05) is 12.8 Å². The van der Waals surface area contributed by atoms with Gasteiger partial charge in [-0.2, -0.15) is 0 Å².